The van der Waals surface area contributed by atoms with Crippen LogP contribution in [0.4, 0.5) is 0 Å². The second-order valence-electron chi connectivity index (χ2n) is 5.77. The van der Waals surface area contributed by atoms with Gasteiger partial charge in [-0.15, -0.1) is 0 Å². The summed E-state index contributed by atoms with van der Waals surface area (Å²) in [5.41, 5.74) is 0. The number of hydrogen-bond donors (Lipinski definition) is 0. The Balaban J connectivity index is 3.57. The summed E-state index contributed by atoms with van der Waals surface area (Å²) in [4.78, 5) is 0. The van der Waals surface area contributed by atoms with E-state index in [2.05, 4.69) is 20.4 Å². The number of ether oxygens (including phenoxy) is 1. The Morgan fingerprint density at radius 2 is 1.26 bits per heavy atom. The van der Waals surface area contributed by atoms with Crippen molar-refractivity contribution in [3.8, 4) is 0 Å². The van der Waals surface area contributed by atoms with Crippen LogP contribution in [-0.2, 0) is 4.74 Å². The molecule has 1 atom stereocenters. The van der Waals surface area contributed by atoms with E-state index in [1.807, 2.05) is 0 Å². The van der Waals surface area contributed by atoms with Crippen molar-refractivity contribution in [2.24, 2.45) is 5.92 Å². The predicted molar refractivity (Wildman–Crippen MR) is 86.4 cm³/mol. The Morgan fingerprint density at radius 1 is 0.789 bits per heavy atom. The Kier molecular flexibility index (Phi) is 15.2. The molecule has 0 N–H and O–H groups in total. The first-order valence-electron chi connectivity index (χ1n) is 8.57. The smallest absolute Gasteiger partial charge is 0.0901 e. The van der Waals surface area contributed by atoms with Gasteiger partial charge in [-0.2, -0.15) is 0 Å². The molecule has 0 bridgehead atoms. The fourth-order valence-corrected chi connectivity index (χ4v) is 2.59. The standard InChI is InChI=1S/C18H36O/c1-4-7-9-11-12-14-16-18(17-19-6-3)15-13-10-8-5-2/h6,18H,3-5,7-17H2,1-2H3. The minimum atomic E-state index is 0.751. The fraction of sp³-hybridized carbons (Fsp3) is 0.889. The minimum Gasteiger partial charge on any atom is -0.502 e. The predicted octanol–water partition coefficient (Wildman–Crippen LogP) is 6.48. The van der Waals surface area contributed by atoms with Gasteiger partial charge in [-0.25, -0.2) is 0 Å². The van der Waals surface area contributed by atoms with Crippen molar-refractivity contribution in [2.45, 2.75) is 90.9 Å². The molecule has 0 aliphatic heterocycles. The highest BCUT2D eigenvalue weighted by molar-refractivity contribution is 4.62. The van der Waals surface area contributed by atoms with Crippen molar-refractivity contribution < 1.29 is 4.74 Å². The molecule has 0 aromatic heterocycles. The second-order valence-corrected chi connectivity index (χ2v) is 5.77. The first-order valence-corrected chi connectivity index (χ1v) is 8.57. The molecule has 0 aliphatic carbocycles. The SMILES string of the molecule is C=COCC(CCCCCC)CCCCCCCC. The lowest BCUT2D eigenvalue weighted by molar-refractivity contribution is 0.177. The van der Waals surface area contributed by atoms with Gasteiger partial charge in [0.2, 0.25) is 0 Å². The van der Waals surface area contributed by atoms with Crippen LogP contribution in [0.2, 0.25) is 0 Å². The average molecular weight is 268 g/mol. The highest BCUT2D eigenvalue weighted by Crippen LogP contribution is 2.19. The van der Waals surface area contributed by atoms with Gasteiger partial charge in [0.05, 0.1) is 12.9 Å². The fourth-order valence-electron chi connectivity index (χ4n) is 2.59. The summed E-state index contributed by atoms with van der Waals surface area (Å²) in [6, 6.07) is 0. The molecule has 0 aromatic carbocycles. The van der Waals surface area contributed by atoms with Crippen molar-refractivity contribution in [1.82, 2.24) is 0 Å². The molecule has 0 saturated carbocycles. The van der Waals surface area contributed by atoms with Gasteiger partial charge in [-0.1, -0.05) is 84.6 Å². The van der Waals surface area contributed by atoms with E-state index in [1.165, 1.54) is 77.0 Å². The molecule has 0 fully saturated rings. The van der Waals surface area contributed by atoms with E-state index in [0.29, 0.717) is 0 Å². The zero-order valence-corrected chi connectivity index (χ0v) is 13.5. The van der Waals surface area contributed by atoms with Gasteiger partial charge in [0.15, 0.2) is 0 Å². The van der Waals surface area contributed by atoms with E-state index in [9.17, 15) is 0 Å². The highest BCUT2D eigenvalue weighted by Gasteiger charge is 2.08. The van der Waals surface area contributed by atoms with Crippen LogP contribution >= 0.6 is 0 Å². The third-order valence-corrected chi connectivity index (χ3v) is 3.88. The van der Waals surface area contributed by atoms with E-state index in [0.717, 1.165) is 12.5 Å². The van der Waals surface area contributed by atoms with Crippen LogP contribution in [0.1, 0.15) is 90.9 Å². The molecular formula is C18H36O. The molecule has 0 heterocycles. The van der Waals surface area contributed by atoms with Gasteiger partial charge < -0.3 is 4.74 Å². The van der Waals surface area contributed by atoms with E-state index >= 15 is 0 Å². The number of unbranched alkanes of at least 4 members (excludes halogenated alkanes) is 8. The van der Waals surface area contributed by atoms with E-state index < -0.39 is 0 Å². The van der Waals surface area contributed by atoms with Crippen molar-refractivity contribution in [1.29, 1.82) is 0 Å². The van der Waals surface area contributed by atoms with Gasteiger partial charge in [0.25, 0.3) is 0 Å². The third-order valence-electron chi connectivity index (χ3n) is 3.88. The lowest BCUT2D eigenvalue weighted by Crippen LogP contribution is -2.08. The van der Waals surface area contributed by atoms with E-state index in [-0.39, 0.29) is 0 Å². The zero-order chi connectivity index (χ0) is 14.2. The molecular weight excluding hydrogens is 232 g/mol. The Hall–Kier alpha value is -0.460. The molecule has 0 saturated heterocycles. The van der Waals surface area contributed by atoms with Crippen molar-refractivity contribution in [2.75, 3.05) is 6.61 Å². The third kappa shape index (κ3) is 13.8. The summed E-state index contributed by atoms with van der Waals surface area (Å²) < 4.78 is 5.41. The summed E-state index contributed by atoms with van der Waals surface area (Å²) in [5.74, 6) is 0.751. The molecule has 19 heavy (non-hydrogen) atoms. The number of hydrogen-bond acceptors (Lipinski definition) is 1. The second kappa shape index (κ2) is 15.6. The molecule has 1 nitrogen and oxygen atoms in total. The van der Waals surface area contributed by atoms with E-state index in [4.69, 9.17) is 4.74 Å². The first kappa shape index (κ1) is 18.5. The van der Waals surface area contributed by atoms with E-state index in [1.54, 1.807) is 6.26 Å². The maximum atomic E-state index is 5.41. The lowest BCUT2D eigenvalue weighted by atomic mass is 9.95. The molecule has 0 radical (unpaired) electrons. The topological polar surface area (TPSA) is 9.23 Å². The van der Waals surface area contributed by atoms with Crippen LogP contribution in [-0.4, -0.2) is 6.61 Å². The summed E-state index contributed by atoms with van der Waals surface area (Å²) in [6.07, 6.45) is 18.1. The monoisotopic (exact) mass is 268 g/mol. The zero-order valence-electron chi connectivity index (χ0n) is 13.5. The largest absolute Gasteiger partial charge is 0.502 e. The summed E-state index contributed by atoms with van der Waals surface area (Å²) >= 11 is 0. The number of rotatable bonds is 15. The van der Waals surface area contributed by atoms with Gasteiger partial charge in [0, 0.05) is 0 Å². The van der Waals surface area contributed by atoms with Crippen LogP contribution < -0.4 is 0 Å². The quantitative estimate of drug-likeness (QED) is 0.244. The van der Waals surface area contributed by atoms with Crippen molar-refractivity contribution in [3.05, 3.63) is 12.8 Å². The summed E-state index contributed by atoms with van der Waals surface area (Å²) in [5, 5.41) is 0. The molecule has 0 aromatic rings. The summed E-state index contributed by atoms with van der Waals surface area (Å²) in [6.45, 7) is 9.08. The molecule has 0 aliphatic rings. The van der Waals surface area contributed by atoms with Crippen LogP contribution in [0.5, 0.6) is 0 Å². The van der Waals surface area contributed by atoms with Crippen LogP contribution in [0.15, 0.2) is 12.8 Å². The van der Waals surface area contributed by atoms with Crippen LogP contribution in [0.25, 0.3) is 0 Å². The average Bonchev–Trinajstić information content (AvgIpc) is 2.43. The van der Waals surface area contributed by atoms with Crippen molar-refractivity contribution >= 4 is 0 Å². The van der Waals surface area contributed by atoms with Gasteiger partial charge in [-0.3, -0.25) is 0 Å². The van der Waals surface area contributed by atoms with Crippen molar-refractivity contribution in [3.63, 3.8) is 0 Å². The summed E-state index contributed by atoms with van der Waals surface area (Å²) in [7, 11) is 0. The Morgan fingerprint density at radius 3 is 1.79 bits per heavy atom. The Bertz CT molecular complexity index is 177. The van der Waals surface area contributed by atoms with Crippen LogP contribution in [0.3, 0.4) is 0 Å². The molecule has 0 spiro atoms. The Labute approximate surface area is 121 Å². The molecule has 0 amide bonds. The maximum Gasteiger partial charge on any atom is 0.0901 e. The minimum absolute atomic E-state index is 0.751. The van der Waals surface area contributed by atoms with Gasteiger partial charge in [0.1, 0.15) is 0 Å². The van der Waals surface area contributed by atoms with Gasteiger partial charge >= 0.3 is 0 Å². The molecule has 1 unspecified atom stereocenters. The van der Waals surface area contributed by atoms with Gasteiger partial charge in [-0.05, 0) is 18.8 Å². The molecule has 114 valence electrons. The lowest BCUT2D eigenvalue weighted by Gasteiger charge is -2.16. The normalized spacial score (nSPS) is 12.3. The first-order chi connectivity index (χ1) is 9.35. The molecule has 0 rings (SSSR count). The van der Waals surface area contributed by atoms with Crippen LogP contribution in [0, 0.1) is 5.92 Å². The molecule has 1 heteroatoms. The highest BCUT2D eigenvalue weighted by atomic mass is 16.5. The maximum absolute atomic E-state index is 5.41.